The number of benzene rings is 2. The van der Waals surface area contributed by atoms with E-state index in [1.165, 1.54) is 5.56 Å². The molecular formula is C24H24N2O2S. The van der Waals surface area contributed by atoms with Crippen LogP contribution in [0.3, 0.4) is 0 Å². The Bertz CT molecular complexity index is 1220. The van der Waals surface area contributed by atoms with Gasteiger partial charge in [-0.15, -0.1) is 11.3 Å². The van der Waals surface area contributed by atoms with Gasteiger partial charge in [0.05, 0.1) is 18.5 Å². The lowest BCUT2D eigenvalue weighted by atomic mass is 10.0. The monoisotopic (exact) mass is 404 g/mol. The second-order valence-corrected chi connectivity index (χ2v) is 8.41. The summed E-state index contributed by atoms with van der Waals surface area (Å²) in [6.07, 6.45) is 0. The Hall–Kier alpha value is -2.92. The molecule has 0 radical (unpaired) electrons. The van der Waals surface area contributed by atoms with Gasteiger partial charge in [0.1, 0.15) is 16.4 Å². The zero-order chi connectivity index (χ0) is 20.5. The van der Waals surface area contributed by atoms with Crippen molar-refractivity contribution in [1.82, 2.24) is 9.55 Å². The lowest BCUT2D eigenvalue weighted by Gasteiger charge is -2.11. The van der Waals surface area contributed by atoms with Crippen LogP contribution in [-0.2, 0) is 6.54 Å². The molecule has 2 heterocycles. The summed E-state index contributed by atoms with van der Waals surface area (Å²) in [6.45, 7) is 9.14. The molecule has 0 N–H and O–H groups in total. The Morgan fingerprint density at radius 2 is 1.69 bits per heavy atom. The van der Waals surface area contributed by atoms with Gasteiger partial charge >= 0.3 is 0 Å². The van der Waals surface area contributed by atoms with Gasteiger partial charge in [-0.05, 0) is 51.0 Å². The van der Waals surface area contributed by atoms with Crippen molar-refractivity contribution in [2.45, 2.75) is 34.2 Å². The third-order valence-electron chi connectivity index (χ3n) is 5.09. The molecule has 4 nitrogen and oxygen atoms in total. The quantitative estimate of drug-likeness (QED) is 0.441. The van der Waals surface area contributed by atoms with E-state index in [0.29, 0.717) is 18.5 Å². The van der Waals surface area contributed by atoms with Gasteiger partial charge in [-0.2, -0.15) is 0 Å². The summed E-state index contributed by atoms with van der Waals surface area (Å²) in [5.74, 6) is 1.57. The normalized spacial score (nSPS) is 11.2. The summed E-state index contributed by atoms with van der Waals surface area (Å²) in [5.41, 5.74) is 4.31. The molecule has 0 saturated heterocycles. The molecular weight excluding hydrogens is 380 g/mol. The summed E-state index contributed by atoms with van der Waals surface area (Å²) in [6, 6.07) is 16.2. The average Bonchev–Trinajstić information content (AvgIpc) is 3.03. The maximum Gasteiger partial charge on any atom is 0.263 e. The largest absolute Gasteiger partial charge is 0.494 e. The molecule has 0 aliphatic carbocycles. The number of ether oxygens (including phenoxy) is 1. The van der Waals surface area contributed by atoms with Crippen molar-refractivity contribution in [2.24, 2.45) is 0 Å². The first kappa shape index (κ1) is 19.4. The van der Waals surface area contributed by atoms with E-state index < -0.39 is 0 Å². The van der Waals surface area contributed by atoms with Crippen LogP contribution in [0.25, 0.3) is 21.3 Å². The lowest BCUT2D eigenvalue weighted by molar-refractivity contribution is 0.340. The van der Waals surface area contributed by atoms with E-state index in [-0.39, 0.29) is 5.56 Å². The lowest BCUT2D eigenvalue weighted by Crippen LogP contribution is -2.24. The van der Waals surface area contributed by atoms with E-state index >= 15 is 0 Å². The third kappa shape index (κ3) is 3.70. The van der Waals surface area contributed by atoms with E-state index in [1.807, 2.05) is 38.1 Å². The molecule has 148 valence electrons. The van der Waals surface area contributed by atoms with E-state index in [1.54, 1.807) is 15.9 Å². The van der Waals surface area contributed by atoms with Gasteiger partial charge < -0.3 is 4.74 Å². The van der Waals surface area contributed by atoms with Crippen molar-refractivity contribution < 1.29 is 4.74 Å². The summed E-state index contributed by atoms with van der Waals surface area (Å²) in [4.78, 5) is 20.2. The second-order valence-electron chi connectivity index (χ2n) is 7.21. The number of nitrogens with zero attached hydrogens (tertiary/aromatic N) is 2. The van der Waals surface area contributed by atoms with Crippen molar-refractivity contribution in [3.05, 3.63) is 80.7 Å². The van der Waals surface area contributed by atoms with Crippen LogP contribution in [-0.4, -0.2) is 16.2 Å². The molecule has 0 aliphatic rings. The predicted octanol–water partition coefficient (Wildman–Crippen LogP) is 5.50. The van der Waals surface area contributed by atoms with Crippen LogP contribution in [0.1, 0.15) is 28.8 Å². The van der Waals surface area contributed by atoms with Crippen molar-refractivity contribution in [1.29, 1.82) is 0 Å². The van der Waals surface area contributed by atoms with Crippen molar-refractivity contribution >= 4 is 21.6 Å². The Kier molecular flexibility index (Phi) is 5.24. The van der Waals surface area contributed by atoms with Gasteiger partial charge in [0, 0.05) is 10.4 Å². The molecule has 2 aromatic heterocycles. The molecule has 0 spiro atoms. The number of fused-ring (bicyclic) bond motifs is 1. The maximum absolute atomic E-state index is 13.5. The zero-order valence-electron chi connectivity index (χ0n) is 17.2. The Balaban J connectivity index is 1.85. The summed E-state index contributed by atoms with van der Waals surface area (Å²) in [7, 11) is 0. The van der Waals surface area contributed by atoms with E-state index in [9.17, 15) is 4.79 Å². The Morgan fingerprint density at radius 1 is 1.00 bits per heavy atom. The minimum atomic E-state index is 0.0151. The Labute approximate surface area is 174 Å². The smallest absolute Gasteiger partial charge is 0.263 e. The minimum Gasteiger partial charge on any atom is -0.494 e. The highest BCUT2D eigenvalue weighted by Crippen LogP contribution is 2.36. The fourth-order valence-corrected chi connectivity index (χ4v) is 4.67. The van der Waals surface area contributed by atoms with Crippen LogP contribution in [0.4, 0.5) is 0 Å². The highest BCUT2D eigenvalue weighted by Gasteiger charge is 2.18. The molecule has 0 unspecified atom stereocenters. The van der Waals surface area contributed by atoms with Gasteiger partial charge in [0.2, 0.25) is 0 Å². The van der Waals surface area contributed by atoms with Crippen molar-refractivity contribution in [2.75, 3.05) is 6.61 Å². The molecule has 5 heteroatoms. The molecule has 0 saturated carbocycles. The fourth-order valence-electron chi connectivity index (χ4n) is 3.59. The number of rotatable bonds is 5. The standard InChI is InChI=1S/C24H24N2O2S/c1-5-28-20-12-10-19(11-13-20)21-16(3)29-23-22(21)24(27)26(17(4)25-23)14-18-8-6-15(2)7-9-18/h6-13H,5,14H2,1-4H3. The molecule has 29 heavy (non-hydrogen) atoms. The van der Waals surface area contributed by atoms with Crippen molar-refractivity contribution in [3.8, 4) is 16.9 Å². The highest BCUT2D eigenvalue weighted by molar-refractivity contribution is 7.19. The summed E-state index contributed by atoms with van der Waals surface area (Å²) in [5, 5.41) is 0.703. The van der Waals surface area contributed by atoms with Gasteiger partial charge in [-0.25, -0.2) is 4.98 Å². The maximum atomic E-state index is 13.5. The molecule has 2 aromatic carbocycles. The number of thiophene rings is 1. The molecule has 0 atom stereocenters. The SMILES string of the molecule is CCOc1ccc(-c2c(C)sc3nc(C)n(Cc4ccc(C)cc4)c(=O)c23)cc1. The van der Waals surface area contributed by atoms with Crippen LogP contribution in [0.2, 0.25) is 0 Å². The highest BCUT2D eigenvalue weighted by atomic mass is 32.1. The summed E-state index contributed by atoms with van der Waals surface area (Å²) < 4.78 is 7.33. The van der Waals surface area contributed by atoms with Gasteiger partial charge in [-0.3, -0.25) is 9.36 Å². The van der Waals surface area contributed by atoms with E-state index in [0.717, 1.165) is 38.0 Å². The molecule has 0 aliphatic heterocycles. The van der Waals surface area contributed by atoms with Gasteiger partial charge in [0.25, 0.3) is 5.56 Å². The van der Waals surface area contributed by atoms with Gasteiger partial charge in [0.15, 0.2) is 0 Å². The molecule has 0 fully saturated rings. The number of aryl methyl sites for hydroxylation is 3. The first-order chi connectivity index (χ1) is 14.0. The molecule has 4 rings (SSSR count). The molecule has 0 bridgehead atoms. The molecule has 0 amide bonds. The van der Waals surface area contributed by atoms with E-state index in [4.69, 9.17) is 9.72 Å². The first-order valence-corrected chi connectivity index (χ1v) is 10.6. The van der Waals surface area contributed by atoms with Crippen LogP contribution < -0.4 is 10.3 Å². The third-order valence-corrected chi connectivity index (χ3v) is 6.09. The topological polar surface area (TPSA) is 44.1 Å². The van der Waals surface area contributed by atoms with Crippen LogP contribution >= 0.6 is 11.3 Å². The van der Waals surface area contributed by atoms with Crippen molar-refractivity contribution in [3.63, 3.8) is 0 Å². The average molecular weight is 405 g/mol. The fraction of sp³-hybridized carbons (Fsp3) is 0.250. The number of hydrogen-bond acceptors (Lipinski definition) is 4. The predicted molar refractivity (Wildman–Crippen MR) is 120 cm³/mol. The van der Waals surface area contributed by atoms with E-state index in [2.05, 4.69) is 38.1 Å². The van der Waals surface area contributed by atoms with Crippen LogP contribution in [0.15, 0.2) is 53.3 Å². The number of hydrogen-bond donors (Lipinski definition) is 0. The van der Waals surface area contributed by atoms with Crippen LogP contribution in [0, 0.1) is 20.8 Å². The summed E-state index contributed by atoms with van der Waals surface area (Å²) >= 11 is 1.58. The second kappa shape index (κ2) is 7.84. The Morgan fingerprint density at radius 3 is 2.34 bits per heavy atom. The molecule has 4 aromatic rings. The van der Waals surface area contributed by atoms with Gasteiger partial charge in [-0.1, -0.05) is 42.0 Å². The van der Waals surface area contributed by atoms with Crippen LogP contribution in [0.5, 0.6) is 5.75 Å². The number of aromatic nitrogens is 2. The minimum absolute atomic E-state index is 0.0151. The first-order valence-electron chi connectivity index (χ1n) is 9.77. The zero-order valence-corrected chi connectivity index (χ0v) is 18.0.